The van der Waals surface area contributed by atoms with Gasteiger partial charge in [-0.15, -0.1) is 12.4 Å². The van der Waals surface area contributed by atoms with E-state index in [0.29, 0.717) is 30.2 Å². The van der Waals surface area contributed by atoms with Crippen molar-refractivity contribution in [2.24, 2.45) is 40.7 Å². The maximum Gasteiger partial charge on any atom is 0.226 e. The van der Waals surface area contributed by atoms with Gasteiger partial charge >= 0.3 is 0 Å². The molecular weight excluding hydrogens is 284 g/mol. The van der Waals surface area contributed by atoms with Crippen molar-refractivity contribution < 1.29 is 4.79 Å². The van der Waals surface area contributed by atoms with Gasteiger partial charge in [0, 0.05) is 19.0 Å². The zero-order chi connectivity index (χ0) is 13.9. The predicted octanol–water partition coefficient (Wildman–Crippen LogP) is 2.68. The highest BCUT2D eigenvalue weighted by Crippen LogP contribution is 2.57. The van der Waals surface area contributed by atoms with Crippen molar-refractivity contribution in [3.05, 3.63) is 0 Å². The molecule has 5 fully saturated rings. The first-order valence-electron chi connectivity index (χ1n) is 8.57. The van der Waals surface area contributed by atoms with E-state index in [1.807, 2.05) is 0 Å². The van der Waals surface area contributed by atoms with Gasteiger partial charge < -0.3 is 10.6 Å². The number of likely N-dealkylation sites (tertiary alicyclic amines) is 1. The Balaban J connectivity index is 0.00000132. The molecule has 4 heteroatoms. The van der Waals surface area contributed by atoms with Crippen LogP contribution in [0.2, 0.25) is 0 Å². The zero-order valence-electron chi connectivity index (χ0n) is 13.1. The summed E-state index contributed by atoms with van der Waals surface area (Å²) in [5.74, 6) is 4.18. The summed E-state index contributed by atoms with van der Waals surface area (Å²) in [7, 11) is 0. The van der Waals surface area contributed by atoms with Crippen LogP contribution in [0, 0.1) is 35.0 Å². The number of carbonyl (C=O) groups excluding carboxylic acids is 1. The van der Waals surface area contributed by atoms with Crippen LogP contribution in [0.3, 0.4) is 0 Å². The lowest BCUT2D eigenvalue weighted by atomic mass is 9.51. The van der Waals surface area contributed by atoms with Crippen molar-refractivity contribution in [1.82, 2.24) is 4.90 Å². The molecule has 1 aliphatic heterocycles. The van der Waals surface area contributed by atoms with Crippen LogP contribution in [0.5, 0.6) is 0 Å². The lowest BCUT2D eigenvalue weighted by Gasteiger charge is -2.54. The number of amides is 1. The average Bonchev–Trinajstić information content (AvgIpc) is 2.81. The molecule has 120 valence electrons. The monoisotopic (exact) mass is 312 g/mol. The Morgan fingerprint density at radius 2 is 1.71 bits per heavy atom. The summed E-state index contributed by atoms with van der Waals surface area (Å²) in [6.45, 7) is 4.77. The second-order valence-corrected chi connectivity index (χ2v) is 8.48. The summed E-state index contributed by atoms with van der Waals surface area (Å²) in [5, 5.41) is 0. The van der Waals surface area contributed by atoms with E-state index < -0.39 is 0 Å². The fourth-order valence-corrected chi connectivity index (χ4v) is 5.92. The van der Waals surface area contributed by atoms with Gasteiger partial charge in [-0.3, -0.25) is 4.79 Å². The van der Waals surface area contributed by atoms with E-state index in [4.69, 9.17) is 5.73 Å². The molecule has 0 aromatic carbocycles. The highest BCUT2D eigenvalue weighted by molar-refractivity contribution is 5.85. The molecule has 0 spiro atoms. The number of hydrogen-bond acceptors (Lipinski definition) is 2. The van der Waals surface area contributed by atoms with Crippen molar-refractivity contribution in [3.8, 4) is 0 Å². The van der Waals surface area contributed by atoms with Gasteiger partial charge in [0.2, 0.25) is 5.91 Å². The standard InChI is InChI=1S/C17H28N2O.ClH/c1-17(9-18)2-3-19(10-17)16(20)15-13-5-11-4-12(7-13)8-14(15)6-11;/h11-15H,2-10,18H2,1H3;1H. The molecule has 21 heavy (non-hydrogen) atoms. The fraction of sp³-hybridized carbons (Fsp3) is 0.941. The lowest BCUT2D eigenvalue weighted by Crippen LogP contribution is -2.51. The Morgan fingerprint density at radius 3 is 2.19 bits per heavy atom. The molecule has 3 nitrogen and oxygen atoms in total. The van der Waals surface area contributed by atoms with Crippen molar-refractivity contribution in [3.63, 3.8) is 0 Å². The molecule has 1 saturated heterocycles. The molecule has 1 unspecified atom stereocenters. The number of hydrogen-bond donors (Lipinski definition) is 1. The zero-order valence-corrected chi connectivity index (χ0v) is 13.9. The minimum absolute atomic E-state index is 0. The van der Waals surface area contributed by atoms with Gasteiger partial charge in [-0.1, -0.05) is 6.92 Å². The van der Waals surface area contributed by atoms with Crippen LogP contribution in [-0.2, 0) is 4.79 Å². The van der Waals surface area contributed by atoms with E-state index in [9.17, 15) is 4.79 Å². The van der Waals surface area contributed by atoms with Gasteiger partial charge in [0.25, 0.3) is 0 Å². The summed E-state index contributed by atoms with van der Waals surface area (Å²) in [4.78, 5) is 15.2. The van der Waals surface area contributed by atoms with Crippen LogP contribution in [0.1, 0.15) is 45.4 Å². The molecule has 0 aromatic heterocycles. The molecule has 4 aliphatic carbocycles. The van der Waals surface area contributed by atoms with E-state index in [1.165, 1.54) is 32.1 Å². The Bertz CT molecular complexity index is 399. The molecule has 4 bridgehead atoms. The quantitative estimate of drug-likeness (QED) is 0.852. The molecule has 5 aliphatic rings. The second-order valence-electron chi connectivity index (χ2n) is 8.48. The fourth-order valence-electron chi connectivity index (χ4n) is 5.92. The molecule has 0 aromatic rings. The summed E-state index contributed by atoms with van der Waals surface area (Å²) in [6.07, 6.45) is 7.90. The van der Waals surface area contributed by atoms with E-state index in [1.54, 1.807) is 0 Å². The van der Waals surface area contributed by atoms with Gasteiger partial charge in [-0.2, -0.15) is 0 Å². The molecule has 0 radical (unpaired) electrons. The molecule has 1 heterocycles. The average molecular weight is 313 g/mol. The maximum absolute atomic E-state index is 13.0. The van der Waals surface area contributed by atoms with Gasteiger partial charge in [0.15, 0.2) is 0 Å². The van der Waals surface area contributed by atoms with Crippen LogP contribution in [0.15, 0.2) is 0 Å². The second kappa shape index (κ2) is 5.42. The summed E-state index contributed by atoms with van der Waals surface area (Å²) in [6, 6.07) is 0. The number of rotatable bonds is 2. The molecular formula is C17H29ClN2O. The molecule has 4 saturated carbocycles. The number of nitrogens with zero attached hydrogens (tertiary/aromatic N) is 1. The van der Waals surface area contributed by atoms with Gasteiger partial charge in [0.1, 0.15) is 0 Å². The topological polar surface area (TPSA) is 46.3 Å². The first-order chi connectivity index (χ1) is 9.58. The highest BCUT2D eigenvalue weighted by Gasteiger charge is 2.52. The maximum atomic E-state index is 13.0. The van der Waals surface area contributed by atoms with E-state index in [-0.39, 0.29) is 17.8 Å². The van der Waals surface area contributed by atoms with Crippen LogP contribution >= 0.6 is 12.4 Å². The van der Waals surface area contributed by atoms with E-state index >= 15 is 0 Å². The molecule has 5 rings (SSSR count). The number of nitrogens with two attached hydrogens (primary N) is 1. The lowest BCUT2D eigenvalue weighted by molar-refractivity contribution is -0.148. The molecule has 1 atom stereocenters. The number of carbonyl (C=O) groups is 1. The van der Waals surface area contributed by atoms with Crippen LogP contribution < -0.4 is 5.73 Å². The molecule has 1 amide bonds. The highest BCUT2D eigenvalue weighted by atomic mass is 35.5. The largest absolute Gasteiger partial charge is 0.342 e. The Morgan fingerprint density at radius 1 is 1.14 bits per heavy atom. The third kappa shape index (κ3) is 2.50. The first-order valence-corrected chi connectivity index (χ1v) is 8.57. The van der Waals surface area contributed by atoms with Crippen LogP contribution in [0.4, 0.5) is 0 Å². The third-order valence-corrected chi connectivity index (χ3v) is 6.87. The normalized spacial score (nSPS) is 47.5. The van der Waals surface area contributed by atoms with Gasteiger partial charge in [0.05, 0.1) is 0 Å². The van der Waals surface area contributed by atoms with Gasteiger partial charge in [-0.25, -0.2) is 0 Å². The third-order valence-electron chi connectivity index (χ3n) is 6.87. The minimum Gasteiger partial charge on any atom is -0.342 e. The Labute approximate surface area is 134 Å². The van der Waals surface area contributed by atoms with Crippen molar-refractivity contribution >= 4 is 18.3 Å². The summed E-state index contributed by atoms with van der Waals surface area (Å²) >= 11 is 0. The summed E-state index contributed by atoms with van der Waals surface area (Å²) in [5.41, 5.74) is 6.06. The minimum atomic E-state index is 0. The SMILES string of the molecule is CC1(CN)CCN(C(=O)C2C3CC4CC(C3)CC2C4)C1.Cl. The Kier molecular flexibility index (Phi) is 4.03. The molecule has 2 N–H and O–H groups in total. The van der Waals surface area contributed by atoms with Crippen molar-refractivity contribution in [2.45, 2.75) is 45.4 Å². The van der Waals surface area contributed by atoms with Crippen molar-refractivity contribution in [2.75, 3.05) is 19.6 Å². The Hall–Kier alpha value is -0.280. The smallest absolute Gasteiger partial charge is 0.226 e. The summed E-state index contributed by atoms with van der Waals surface area (Å²) < 4.78 is 0. The van der Waals surface area contributed by atoms with E-state index in [0.717, 1.165) is 31.3 Å². The predicted molar refractivity (Wildman–Crippen MR) is 86.1 cm³/mol. The van der Waals surface area contributed by atoms with E-state index in [2.05, 4.69) is 11.8 Å². The number of halogens is 1. The van der Waals surface area contributed by atoms with Crippen molar-refractivity contribution in [1.29, 1.82) is 0 Å². The van der Waals surface area contributed by atoms with Gasteiger partial charge in [-0.05, 0) is 74.2 Å². The van der Waals surface area contributed by atoms with Crippen LogP contribution in [0.25, 0.3) is 0 Å². The first kappa shape index (κ1) is 15.6. The van der Waals surface area contributed by atoms with Crippen LogP contribution in [-0.4, -0.2) is 30.4 Å².